The maximum atomic E-state index is 13.2. The topological polar surface area (TPSA) is 90.3 Å². The number of hydrogen-bond donors (Lipinski definition) is 2. The SMILES string of the molecule is CCN(CC)CCN1C(=O)C(=O)/C(=C(/O)c2ccc(OCc3cccc(C)c3)cc2)C1c1ccc(O)cc1. The molecule has 7 nitrogen and oxygen atoms in total. The minimum atomic E-state index is -0.761. The van der Waals surface area contributed by atoms with E-state index in [-0.39, 0.29) is 17.1 Å². The van der Waals surface area contributed by atoms with Gasteiger partial charge in [-0.05, 0) is 67.5 Å². The summed E-state index contributed by atoms with van der Waals surface area (Å²) in [6.07, 6.45) is 0. The average molecular weight is 515 g/mol. The van der Waals surface area contributed by atoms with Crippen LogP contribution in [0.4, 0.5) is 0 Å². The largest absolute Gasteiger partial charge is 0.508 e. The highest BCUT2D eigenvalue weighted by Crippen LogP contribution is 2.39. The van der Waals surface area contributed by atoms with Crippen LogP contribution in [-0.2, 0) is 16.2 Å². The van der Waals surface area contributed by atoms with Gasteiger partial charge >= 0.3 is 0 Å². The van der Waals surface area contributed by atoms with Gasteiger partial charge in [-0.2, -0.15) is 0 Å². The molecule has 1 heterocycles. The lowest BCUT2D eigenvalue weighted by atomic mass is 9.95. The van der Waals surface area contributed by atoms with E-state index in [0.29, 0.717) is 36.6 Å². The van der Waals surface area contributed by atoms with Crippen LogP contribution in [0.15, 0.2) is 78.4 Å². The second-order valence-corrected chi connectivity index (χ2v) is 9.41. The number of phenolic OH excluding ortho intramolecular Hbond substituents is 1. The number of amides is 1. The molecule has 38 heavy (non-hydrogen) atoms. The summed E-state index contributed by atoms with van der Waals surface area (Å²) in [5.41, 5.74) is 3.30. The summed E-state index contributed by atoms with van der Waals surface area (Å²) in [6.45, 7) is 9.10. The summed E-state index contributed by atoms with van der Waals surface area (Å²) in [4.78, 5) is 30.0. The molecule has 1 saturated heterocycles. The Kier molecular flexibility index (Phi) is 8.48. The van der Waals surface area contributed by atoms with Crippen LogP contribution in [0.3, 0.4) is 0 Å². The van der Waals surface area contributed by atoms with E-state index in [1.807, 2.05) is 39.0 Å². The summed E-state index contributed by atoms with van der Waals surface area (Å²) < 4.78 is 5.88. The van der Waals surface area contributed by atoms with Crippen LogP contribution in [0, 0.1) is 6.92 Å². The first kappa shape index (κ1) is 26.9. The van der Waals surface area contributed by atoms with Gasteiger partial charge in [0, 0.05) is 18.7 Å². The third kappa shape index (κ3) is 5.89. The highest BCUT2D eigenvalue weighted by Gasteiger charge is 2.45. The molecule has 0 aromatic heterocycles. The zero-order valence-corrected chi connectivity index (χ0v) is 22.1. The van der Waals surface area contributed by atoms with Gasteiger partial charge in [0.25, 0.3) is 11.7 Å². The van der Waals surface area contributed by atoms with E-state index in [4.69, 9.17) is 4.74 Å². The van der Waals surface area contributed by atoms with Gasteiger partial charge in [0.05, 0.1) is 11.6 Å². The van der Waals surface area contributed by atoms with Crippen molar-refractivity contribution in [3.05, 3.63) is 101 Å². The molecule has 2 N–H and O–H groups in total. The number of carbonyl (C=O) groups excluding carboxylic acids is 2. The van der Waals surface area contributed by atoms with E-state index in [1.165, 1.54) is 17.0 Å². The van der Waals surface area contributed by atoms with E-state index >= 15 is 0 Å². The van der Waals surface area contributed by atoms with Gasteiger partial charge < -0.3 is 24.7 Å². The third-order valence-electron chi connectivity index (χ3n) is 6.92. The molecule has 0 aliphatic carbocycles. The number of ether oxygens (including phenoxy) is 1. The molecular formula is C31H34N2O5. The Morgan fingerprint density at radius 3 is 2.29 bits per heavy atom. The number of ketones is 1. The number of rotatable bonds is 10. The van der Waals surface area contributed by atoms with E-state index in [1.54, 1.807) is 36.4 Å². The van der Waals surface area contributed by atoms with Crippen molar-refractivity contribution in [1.29, 1.82) is 0 Å². The van der Waals surface area contributed by atoms with Gasteiger partial charge in [0.1, 0.15) is 23.9 Å². The van der Waals surface area contributed by atoms with Crippen LogP contribution in [0.5, 0.6) is 11.5 Å². The van der Waals surface area contributed by atoms with Crippen LogP contribution in [0.2, 0.25) is 0 Å². The van der Waals surface area contributed by atoms with Crippen LogP contribution >= 0.6 is 0 Å². The summed E-state index contributed by atoms with van der Waals surface area (Å²) in [6, 6.07) is 20.5. The lowest BCUT2D eigenvalue weighted by Gasteiger charge is -2.28. The molecule has 0 bridgehead atoms. The molecule has 0 saturated carbocycles. The maximum absolute atomic E-state index is 13.2. The molecule has 0 radical (unpaired) electrons. The summed E-state index contributed by atoms with van der Waals surface area (Å²) in [5, 5.41) is 21.1. The number of aromatic hydroxyl groups is 1. The molecule has 1 unspecified atom stereocenters. The van der Waals surface area contributed by atoms with Gasteiger partial charge in [0.15, 0.2) is 0 Å². The first-order valence-corrected chi connectivity index (χ1v) is 12.9. The number of benzene rings is 3. The zero-order chi connectivity index (χ0) is 27.2. The Morgan fingerprint density at radius 1 is 0.974 bits per heavy atom. The minimum Gasteiger partial charge on any atom is -0.508 e. The minimum absolute atomic E-state index is 0.0358. The fourth-order valence-electron chi connectivity index (χ4n) is 4.74. The highest BCUT2D eigenvalue weighted by atomic mass is 16.5. The average Bonchev–Trinajstić information content (AvgIpc) is 3.18. The summed E-state index contributed by atoms with van der Waals surface area (Å²) >= 11 is 0. The van der Waals surface area contributed by atoms with Crippen molar-refractivity contribution in [1.82, 2.24) is 9.80 Å². The van der Waals surface area contributed by atoms with Crippen molar-refractivity contribution in [3.8, 4) is 11.5 Å². The van der Waals surface area contributed by atoms with Crippen LogP contribution < -0.4 is 4.74 Å². The molecule has 1 aliphatic heterocycles. The van der Waals surface area contributed by atoms with Crippen LogP contribution in [0.1, 0.15) is 42.1 Å². The van der Waals surface area contributed by atoms with Crippen molar-refractivity contribution in [2.45, 2.75) is 33.4 Å². The quantitative estimate of drug-likeness (QED) is 0.224. The molecule has 1 amide bonds. The number of phenols is 1. The fraction of sp³-hybridized carbons (Fsp3) is 0.290. The number of likely N-dealkylation sites (N-methyl/N-ethyl adjacent to an activating group) is 1. The van der Waals surface area contributed by atoms with Gasteiger partial charge in [-0.25, -0.2) is 0 Å². The number of aliphatic hydroxyl groups is 1. The van der Waals surface area contributed by atoms with E-state index in [0.717, 1.165) is 24.2 Å². The first-order valence-electron chi connectivity index (χ1n) is 12.9. The lowest BCUT2D eigenvalue weighted by molar-refractivity contribution is -0.140. The van der Waals surface area contributed by atoms with E-state index in [9.17, 15) is 19.8 Å². The molecule has 1 atom stereocenters. The monoisotopic (exact) mass is 514 g/mol. The second kappa shape index (κ2) is 12.0. The van der Waals surface area contributed by atoms with E-state index < -0.39 is 17.7 Å². The molecule has 4 rings (SSSR count). The predicted molar refractivity (Wildman–Crippen MR) is 147 cm³/mol. The van der Waals surface area contributed by atoms with Gasteiger partial charge in [-0.15, -0.1) is 0 Å². The summed E-state index contributed by atoms with van der Waals surface area (Å²) in [5.74, 6) is -0.903. The van der Waals surface area contributed by atoms with Gasteiger partial charge in [-0.3, -0.25) is 9.59 Å². The number of carbonyl (C=O) groups is 2. The molecule has 3 aromatic carbocycles. The number of hydrogen-bond acceptors (Lipinski definition) is 6. The van der Waals surface area contributed by atoms with Gasteiger partial charge in [-0.1, -0.05) is 55.8 Å². The number of Topliss-reactive ketones (excluding diaryl/α,β-unsaturated/α-hetero) is 1. The second-order valence-electron chi connectivity index (χ2n) is 9.41. The van der Waals surface area contributed by atoms with Crippen molar-refractivity contribution in [2.24, 2.45) is 0 Å². The van der Waals surface area contributed by atoms with Gasteiger partial charge in [0.2, 0.25) is 0 Å². The Labute approximate surface area is 223 Å². The number of nitrogens with zero attached hydrogens (tertiary/aromatic N) is 2. The maximum Gasteiger partial charge on any atom is 0.295 e. The Balaban J connectivity index is 1.63. The highest BCUT2D eigenvalue weighted by molar-refractivity contribution is 6.46. The normalized spacial score (nSPS) is 16.8. The van der Waals surface area contributed by atoms with Crippen LogP contribution in [-0.4, -0.2) is 57.9 Å². The van der Waals surface area contributed by atoms with Crippen molar-refractivity contribution in [2.75, 3.05) is 26.2 Å². The lowest BCUT2D eigenvalue weighted by Crippen LogP contribution is -2.38. The Hall–Kier alpha value is -4.10. The van der Waals surface area contributed by atoms with Crippen LogP contribution in [0.25, 0.3) is 5.76 Å². The Bertz CT molecular complexity index is 1310. The first-order chi connectivity index (χ1) is 18.3. The molecule has 7 heteroatoms. The van der Waals surface area contributed by atoms with E-state index in [2.05, 4.69) is 11.0 Å². The Morgan fingerprint density at radius 2 is 1.66 bits per heavy atom. The molecule has 0 spiro atoms. The molecule has 3 aromatic rings. The van der Waals surface area contributed by atoms with Crippen molar-refractivity contribution >= 4 is 17.4 Å². The van der Waals surface area contributed by atoms with Crippen molar-refractivity contribution < 1.29 is 24.5 Å². The summed E-state index contributed by atoms with van der Waals surface area (Å²) in [7, 11) is 0. The molecule has 1 fully saturated rings. The standard InChI is InChI=1S/C31H34N2O5/c1-4-32(5-2)17-18-33-28(23-9-13-25(34)14-10-23)27(30(36)31(33)37)29(35)24-11-15-26(16-12-24)38-20-22-8-6-7-21(3)19-22/h6-16,19,28,34-35H,4-5,17-18,20H2,1-3H3/b29-27+. The third-order valence-corrected chi connectivity index (χ3v) is 6.92. The fourth-order valence-corrected chi connectivity index (χ4v) is 4.74. The number of aryl methyl sites for hydroxylation is 1. The smallest absolute Gasteiger partial charge is 0.295 e. The van der Waals surface area contributed by atoms with Crippen molar-refractivity contribution in [3.63, 3.8) is 0 Å². The zero-order valence-electron chi connectivity index (χ0n) is 22.1. The molecule has 198 valence electrons. The number of aliphatic hydroxyl groups excluding tert-OH is 1. The molecule has 1 aliphatic rings. The molecular weight excluding hydrogens is 480 g/mol. The number of likely N-dealkylation sites (tertiary alicyclic amines) is 1. The predicted octanol–water partition coefficient (Wildman–Crippen LogP) is 5.04.